The molecule has 1 N–H and O–H groups in total. The van der Waals surface area contributed by atoms with Gasteiger partial charge in [0.05, 0.1) is 13.2 Å². The molecule has 4 heteroatoms. The molecular weight excluding hydrogens is 324 g/mol. The molecule has 0 bridgehead atoms. The average molecular weight is 354 g/mol. The minimum Gasteiger partial charge on any atom is -0.497 e. The molecule has 140 valence electrons. The molecular formula is C22H30N2O2. The Labute approximate surface area is 157 Å². The Morgan fingerprint density at radius 3 is 2.62 bits per heavy atom. The van der Waals surface area contributed by atoms with Gasteiger partial charge in [0.1, 0.15) is 5.75 Å². The number of ether oxygens (including phenoxy) is 1. The number of carbonyl (C=O) groups is 1. The van der Waals surface area contributed by atoms with Gasteiger partial charge >= 0.3 is 0 Å². The monoisotopic (exact) mass is 354 g/mol. The maximum atomic E-state index is 12.4. The molecule has 0 unspecified atom stereocenters. The van der Waals surface area contributed by atoms with Crippen molar-refractivity contribution in [1.82, 2.24) is 5.32 Å². The van der Waals surface area contributed by atoms with Gasteiger partial charge in [0.2, 0.25) is 5.91 Å². The van der Waals surface area contributed by atoms with Crippen LogP contribution < -0.4 is 10.1 Å². The van der Waals surface area contributed by atoms with Crippen molar-refractivity contribution >= 4 is 5.91 Å². The molecule has 0 radical (unpaired) electrons. The van der Waals surface area contributed by atoms with Crippen LogP contribution in [0.5, 0.6) is 5.75 Å². The Balaban J connectivity index is 1.92. The lowest BCUT2D eigenvalue weighted by atomic mass is 9.69. The summed E-state index contributed by atoms with van der Waals surface area (Å²) in [6.45, 7) is 7.06. The highest BCUT2D eigenvalue weighted by molar-refractivity contribution is 5.76. The van der Waals surface area contributed by atoms with Crippen LogP contribution in [0.25, 0.3) is 0 Å². The van der Waals surface area contributed by atoms with Crippen LogP contribution in [0, 0.1) is 35.0 Å². The molecule has 1 amide bonds. The van der Waals surface area contributed by atoms with Crippen LogP contribution in [0.15, 0.2) is 35.9 Å². The number of hydrogen-bond acceptors (Lipinski definition) is 3. The van der Waals surface area contributed by atoms with Gasteiger partial charge in [-0.3, -0.25) is 4.79 Å². The van der Waals surface area contributed by atoms with Gasteiger partial charge in [-0.15, -0.1) is 0 Å². The number of rotatable bonds is 7. The zero-order chi connectivity index (χ0) is 19.1. The quantitative estimate of drug-likeness (QED) is 0.735. The second-order valence-corrected chi connectivity index (χ2v) is 7.61. The van der Waals surface area contributed by atoms with E-state index in [2.05, 4.69) is 38.2 Å². The van der Waals surface area contributed by atoms with Crippen LogP contribution in [0.4, 0.5) is 0 Å². The van der Waals surface area contributed by atoms with Crippen LogP contribution in [-0.2, 0) is 11.3 Å². The number of allylic oxidation sites excluding steroid dienone is 2. The largest absolute Gasteiger partial charge is 0.497 e. The first kappa shape index (κ1) is 20.0. The Morgan fingerprint density at radius 1 is 1.35 bits per heavy atom. The SMILES string of the molecule is COc1ccc(CNC(=O)C[C@@H]2C[C@@H](C(C)C)[C@H](CC#N)C=C2C)cc1. The molecule has 4 nitrogen and oxygen atoms in total. The molecule has 0 spiro atoms. The first-order valence-electron chi connectivity index (χ1n) is 9.39. The smallest absolute Gasteiger partial charge is 0.220 e. The number of nitriles is 1. The van der Waals surface area contributed by atoms with E-state index in [-0.39, 0.29) is 11.8 Å². The van der Waals surface area contributed by atoms with Crippen LogP contribution in [0.3, 0.4) is 0 Å². The van der Waals surface area contributed by atoms with Gasteiger partial charge in [-0.1, -0.05) is 37.6 Å². The van der Waals surface area contributed by atoms with Gasteiger partial charge in [0, 0.05) is 19.4 Å². The maximum Gasteiger partial charge on any atom is 0.220 e. The fraction of sp³-hybridized carbons (Fsp3) is 0.545. The Kier molecular flexibility index (Phi) is 7.26. The molecule has 0 saturated heterocycles. The molecule has 0 fully saturated rings. The molecule has 1 aromatic rings. The van der Waals surface area contributed by atoms with Gasteiger partial charge in [-0.05, 0) is 54.7 Å². The van der Waals surface area contributed by atoms with E-state index in [1.807, 2.05) is 24.3 Å². The van der Waals surface area contributed by atoms with Crippen LogP contribution >= 0.6 is 0 Å². The zero-order valence-electron chi connectivity index (χ0n) is 16.3. The number of nitrogens with one attached hydrogen (secondary N) is 1. The van der Waals surface area contributed by atoms with Crippen molar-refractivity contribution in [2.75, 3.05) is 7.11 Å². The van der Waals surface area contributed by atoms with Crippen molar-refractivity contribution in [2.45, 2.75) is 46.6 Å². The first-order valence-corrected chi connectivity index (χ1v) is 9.39. The Bertz CT molecular complexity index is 670. The minimum atomic E-state index is 0.0832. The zero-order valence-corrected chi connectivity index (χ0v) is 16.3. The number of benzene rings is 1. The van der Waals surface area contributed by atoms with Crippen molar-refractivity contribution in [3.8, 4) is 11.8 Å². The summed E-state index contributed by atoms with van der Waals surface area (Å²) in [5, 5.41) is 12.1. The first-order chi connectivity index (χ1) is 12.4. The van der Waals surface area contributed by atoms with Crippen molar-refractivity contribution in [2.24, 2.45) is 23.7 Å². The van der Waals surface area contributed by atoms with E-state index in [0.717, 1.165) is 17.7 Å². The summed E-state index contributed by atoms with van der Waals surface area (Å²) in [5.74, 6) is 2.47. The summed E-state index contributed by atoms with van der Waals surface area (Å²) in [4.78, 5) is 12.4. The molecule has 0 aromatic heterocycles. The molecule has 1 aliphatic carbocycles. The summed E-state index contributed by atoms with van der Waals surface area (Å²) >= 11 is 0. The van der Waals surface area contributed by atoms with Crippen LogP contribution in [0.2, 0.25) is 0 Å². The summed E-state index contributed by atoms with van der Waals surface area (Å²) < 4.78 is 5.15. The summed E-state index contributed by atoms with van der Waals surface area (Å²) in [7, 11) is 1.64. The van der Waals surface area contributed by atoms with E-state index in [9.17, 15) is 4.79 Å². The Hall–Kier alpha value is -2.28. The van der Waals surface area contributed by atoms with Crippen molar-refractivity contribution in [1.29, 1.82) is 5.26 Å². The number of amides is 1. The molecule has 1 aromatic carbocycles. The highest BCUT2D eigenvalue weighted by Crippen LogP contribution is 2.40. The predicted octanol–water partition coefficient (Wildman–Crippen LogP) is 4.47. The molecule has 1 aliphatic rings. The lowest BCUT2D eigenvalue weighted by Crippen LogP contribution is -2.31. The summed E-state index contributed by atoms with van der Waals surface area (Å²) in [6.07, 6.45) is 4.30. The summed E-state index contributed by atoms with van der Waals surface area (Å²) in [6, 6.07) is 10.0. The second kappa shape index (κ2) is 9.43. The standard InChI is InChI=1S/C22H30N2O2/c1-15(2)21-12-19(16(3)11-18(21)9-10-23)13-22(25)24-14-17-5-7-20(26-4)8-6-17/h5-8,11,15,18-19,21H,9,12-14H2,1-4H3,(H,24,25)/t18-,19+,21+/m1/s1. The van der Waals surface area contributed by atoms with Crippen LogP contribution in [-0.4, -0.2) is 13.0 Å². The van der Waals surface area contributed by atoms with Gasteiger partial charge in [0.25, 0.3) is 0 Å². The average Bonchev–Trinajstić information content (AvgIpc) is 2.62. The normalized spacial score (nSPS) is 22.5. The lowest BCUT2D eigenvalue weighted by Gasteiger charge is -2.36. The van der Waals surface area contributed by atoms with Crippen molar-refractivity contribution < 1.29 is 9.53 Å². The van der Waals surface area contributed by atoms with E-state index >= 15 is 0 Å². The minimum absolute atomic E-state index is 0.0832. The fourth-order valence-electron chi connectivity index (χ4n) is 3.85. The second-order valence-electron chi connectivity index (χ2n) is 7.61. The third kappa shape index (κ3) is 5.36. The van der Waals surface area contributed by atoms with E-state index in [4.69, 9.17) is 10.00 Å². The number of nitrogens with zero attached hydrogens (tertiary/aromatic N) is 1. The number of hydrogen-bond donors (Lipinski definition) is 1. The van der Waals surface area contributed by atoms with E-state index in [1.54, 1.807) is 7.11 Å². The van der Waals surface area contributed by atoms with E-state index in [0.29, 0.717) is 37.1 Å². The van der Waals surface area contributed by atoms with Crippen molar-refractivity contribution in [3.05, 3.63) is 41.5 Å². The van der Waals surface area contributed by atoms with E-state index < -0.39 is 0 Å². The third-order valence-corrected chi connectivity index (χ3v) is 5.49. The maximum absolute atomic E-state index is 12.4. The molecule has 0 saturated carbocycles. The highest BCUT2D eigenvalue weighted by atomic mass is 16.5. The van der Waals surface area contributed by atoms with Gasteiger partial charge in [0.15, 0.2) is 0 Å². The molecule has 0 aliphatic heterocycles. The highest BCUT2D eigenvalue weighted by Gasteiger charge is 2.32. The molecule has 3 atom stereocenters. The van der Waals surface area contributed by atoms with Crippen molar-refractivity contribution in [3.63, 3.8) is 0 Å². The van der Waals surface area contributed by atoms with Gasteiger partial charge in [-0.25, -0.2) is 0 Å². The molecule has 0 heterocycles. The predicted molar refractivity (Wildman–Crippen MR) is 103 cm³/mol. The number of carbonyl (C=O) groups excluding carboxylic acids is 1. The van der Waals surface area contributed by atoms with Gasteiger partial charge in [-0.2, -0.15) is 5.26 Å². The van der Waals surface area contributed by atoms with Crippen LogP contribution in [0.1, 0.15) is 45.6 Å². The fourth-order valence-corrected chi connectivity index (χ4v) is 3.85. The third-order valence-electron chi connectivity index (χ3n) is 5.49. The van der Waals surface area contributed by atoms with E-state index in [1.165, 1.54) is 5.57 Å². The summed E-state index contributed by atoms with van der Waals surface area (Å²) in [5.41, 5.74) is 2.31. The Morgan fingerprint density at radius 2 is 2.04 bits per heavy atom. The van der Waals surface area contributed by atoms with Gasteiger partial charge < -0.3 is 10.1 Å². The molecule has 2 rings (SSSR count). The topological polar surface area (TPSA) is 62.1 Å². The molecule has 26 heavy (non-hydrogen) atoms. The number of methoxy groups -OCH3 is 1. The lowest BCUT2D eigenvalue weighted by molar-refractivity contribution is -0.122.